The fourth-order valence-corrected chi connectivity index (χ4v) is 5.28. The third-order valence-electron chi connectivity index (χ3n) is 4.51. The molecule has 0 spiro atoms. The lowest BCUT2D eigenvalue weighted by molar-refractivity contribution is -0.133. The van der Waals surface area contributed by atoms with Gasteiger partial charge >= 0.3 is 6.09 Å². The van der Waals surface area contributed by atoms with Crippen molar-refractivity contribution in [2.24, 2.45) is 5.92 Å². The van der Waals surface area contributed by atoms with Gasteiger partial charge in [0.2, 0.25) is 0 Å². The van der Waals surface area contributed by atoms with Gasteiger partial charge in [-0.25, -0.2) is 18.1 Å². The molecular weight excluding hydrogens is 370 g/mol. The second-order valence-corrected chi connectivity index (χ2v) is 11.1. The molecule has 27 heavy (non-hydrogen) atoms. The Morgan fingerprint density at radius 2 is 1.89 bits per heavy atom. The van der Waals surface area contributed by atoms with Crippen LogP contribution < -0.4 is 0 Å². The zero-order chi connectivity index (χ0) is 20.6. The molecule has 1 saturated heterocycles. The summed E-state index contributed by atoms with van der Waals surface area (Å²) in [5.74, 6) is -0.583. The van der Waals surface area contributed by atoms with Crippen molar-refractivity contribution in [3.63, 3.8) is 0 Å². The minimum atomic E-state index is -3.48. The molecule has 1 aliphatic carbocycles. The van der Waals surface area contributed by atoms with Crippen molar-refractivity contribution in [2.75, 3.05) is 12.3 Å². The third kappa shape index (κ3) is 5.34. The number of amides is 2. The first-order valence-electron chi connectivity index (χ1n) is 9.29. The van der Waals surface area contributed by atoms with Gasteiger partial charge in [-0.2, -0.15) is 5.26 Å². The van der Waals surface area contributed by atoms with Crippen LogP contribution in [-0.2, 0) is 19.4 Å². The lowest BCUT2D eigenvalue weighted by Gasteiger charge is -2.29. The average Bonchev–Trinajstić information content (AvgIpc) is 3.21. The van der Waals surface area contributed by atoms with E-state index in [9.17, 15) is 23.3 Å². The number of rotatable bonds is 5. The molecule has 152 valence electrons. The highest BCUT2D eigenvalue weighted by Crippen LogP contribution is 2.32. The van der Waals surface area contributed by atoms with Crippen LogP contribution in [0.2, 0.25) is 0 Å². The normalized spacial score (nSPS) is 23.2. The summed E-state index contributed by atoms with van der Waals surface area (Å²) in [5.41, 5.74) is -0.773. The maximum atomic E-state index is 12.9. The summed E-state index contributed by atoms with van der Waals surface area (Å²) in [4.78, 5) is 27.8. The topological polar surface area (TPSA) is 108 Å². The molecule has 2 amide bonds. The van der Waals surface area contributed by atoms with Gasteiger partial charge in [0.05, 0.1) is 11.0 Å². The van der Waals surface area contributed by atoms with Crippen molar-refractivity contribution < 1.29 is 22.7 Å². The van der Waals surface area contributed by atoms with Gasteiger partial charge in [0.15, 0.2) is 16.0 Å². The minimum Gasteiger partial charge on any atom is -0.444 e. The minimum absolute atomic E-state index is 0.00195. The molecular formula is C18H29N3O5S. The number of likely N-dealkylation sites (tertiary alicyclic amines) is 1. The van der Waals surface area contributed by atoms with Gasteiger partial charge in [0.1, 0.15) is 11.6 Å². The van der Waals surface area contributed by atoms with Crippen LogP contribution in [0.4, 0.5) is 4.79 Å². The number of carbonyl (C=O) groups excluding carboxylic acids is 2. The van der Waals surface area contributed by atoms with E-state index in [2.05, 4.69) is 0 Å². The van der Waals surface area contributed by atoms with E-state index in [0.29, 0.717) is 0 Å². The Hall–Kier alpha value is -1.82. The van der Waals surface area contributed by atoms with Crippen molar-refractivity contribution in [2.45, 2.75) is 76.8 Å². The van der Waals surface area contributed by atoms with Crippen LogP contribution in [0.3, 0.4) is 0 Å². The van der Waals surface area contributed by atoms with Gasteiger partial charge < -0.3 is 4.74 Å². The Bertz CT molecular complexity index is 731. The standard InChI is InChI=1S/C18H29N3O5S/c1-12(2)10-27(24,25)14-8-15(16(22)21(11-19)13-6-7-13)20(9-14)17(23)26-18(3,4)5/h12-15H,6-10H2,1-5H3/t14-,15+/m1/s1. The van der Waals surface area contributed by atoms with E-state index < -0.39 is 38.7 Å². The Kier molecular flexibility index (Phi) is 6.10. The smallest absolute Gasteiger partial charge is 0.411 e. The summed E-state index contributed by atoms with van der Waals surface area (Å²) in [6, 6.07) is -1.14. The second kappa shape index (κ2) is 7.66. The predicted octanol–water partition coefficient (Wildman–Crippen LogP) is 1.91. The first-order valence-corrected chi connectivity index (χ1v) is 11.0. The number of sulfone groups is 1. The van der Waals surface area contributed by atoms with Crippen molar-refractivity contribution in [3.8, 4) is 6.19 Å². The Morgan fingerprint density at radius 3 is 2.33 bits per heavy atom. The Labute approximate surface area is 161 Å². The summed E-state index contributed by atoms with van der Waals surface area (Å²) >= 11 is 0. The molecule has 0 unspecified atom stereocenters. The number of nitrogens with zero attached hydrogens (tertiary/aromatic N) is 3. The van der Waals surface area contributed by atoms with Gasteiger partial charge in [-0.1, -0.05) is 13.8 Å². The SMILES string of the molecule is CC(C)CS(=O)(=O)[C@@H]1C[C@@H](C(=O)N(C#N)C2CC2)N(C(=O)OC(C)(C)C)C1. The van der Waals surface area contributed by atoms with Crippen molar-refractivity contribution in [1.29, 1.82) is 5.26 Å². The van der Waals surface area contributed by atoms with E-state index in [1.807, 2.05) is 20.0 Å². The molecule has 8 nitrogen and oxygen atoms in total. The molecule has 0 aromatic carbocycles. The van der Waals surface area contributed by atoms with E-state index >= 15 is 0 Å². The van der Waals surface area contributed by atoms with E-state index in [4.69, 9.17) is 4.74 Å². The largest absolute Gasteiger partial charge is 0.444 e. The average molecular weight is 400 g/mol. The molecule has 1 aliphatic heterocycles. The summed E-state index contributed by atoms with van der Waals surface area (Å²) in [6.07, 6.45) is 2.65. The number of hydrogen-bond donors (Lipinski definition) is 0. The van der Waals surface area contributed by atoms with E-state index in [1.165, 1.54) is 4.90 Å². The van der Waals surface area contributed by atoms with Crippen LogP contribution in [-0.4, -0.2) is 65.5 Å². The van der Waals surface area contributed by atoms with Crippen LogP contribution in [0.5, 0.6) is 0 Å². The summed E-state index contributed by atoms with van der Waals surface area (Å²) < 4.78 is 30.7. The van der Waals surface area contributed by atoms with Gasteiger partial charge in [-0.05, 0) is 46.0 Å². The molecule has 0 N–H and O–H groups in total. The number of ether oxygens (including phenoxy) is 1. The molecule has 0 radical (unpaired) electrons. The molecule has 1 saturated carbocycles. The van der Waals surface area contributed by atoms with Crippen LogP contribution in [0, 0.1) is 17.4 Å². The predicted molar refractivity (Wildman–Crippen MR) is 99.2 cm³/mol. The molecule has 0 aromatic rings. The number of carbonyl (C=O) groups is 2. The molecule has 2 aliphatic rings. The fraction of sp³-hybridized carbons (Fsp3) is 0.833. The third-order valence-corrected chi connectivity index (χ3v) is 7.00. The Balaban J connectivity index is 2.27. The molecule has 0 bridgehead atoms. The maximum absolute atomic E-state index is 12.9. The number of nitriles is 1. The highest BCUT2D eigenvalue weighted by atomic mass is 32.2. The fourth-order valence-electron chi connectivity index (χ4n) is 3.22. The van der Waals surface area contributed by atoms with Gasteiger partial charge in [0.25, 0.3) is 5.91 Å². The lowest BCUT2D eigenvalue weighted by Crippen LogP contribution is -2.48. The molecule has 2 rings (SSSR count). The monoisotopic (exact) mass is 399 g/mol. The lowest BCUT2D eigenvalue weighted by atomic mass is 10.2. The summed E-state index contributed by atoms with van der Waals surface area (Å²) in [5, 5.41) is 8.49. The van der Waals surface area contributed by atoms with Crippen LogP contribution >= 0.6 is 0 Å². The first-order chi connectivity index (χ1) is 12.4. The zero-order valence-corrected chi connectivity index (χ0v) is 17.5. The molecule has 2 atom stereocenters. The second-order valence-electron chi connectivity index (χ2n) is 8.77. The van der Waals surface area contributed by atoms with E-state index in [0.717, 1.165) is 17.7 Å². The quantitative estimate of drug-likeness (QED) is 0.516. The zero-order valence-electron chi connectivity index (χ0n) is 16.6. The van der Waals surface area contributed by atoms with Crippen molar-refractivity contribution in [1.82, 2.24) is 9.80 Å². The van der Waals surface area contributed by atoms with Crippen molar-refractivity contribution >= 4 is 21.8 Å². The van der Waals surface area contributed by atoms with Crippen LogP contribution in [0.1, 0.15) is 53.9 Å². The number of hydrogen-bond acceptors (Lipinski definition) is 6. The van der Waals surface area contributed by atoms with Gasteiger partial charge in [0, 0.05) is 12.6 Å². The molecule has 9 heteroatoms. The van der Waals surface area contributed by atoms with Gasteiger partial charge in [-0.3, -0.25) is 9.69 Å². The highest BCUT2D eigenvalue weighted by molar-refractivity contribution is 7.92. The molecule has 0 aromatic heterocycles. The Morgan fingerprint density at radius 1 is 1.30 bits per heavy atom. The van der Waals surface area contributed by atoms with E-state index in [1.54, 1.807) is 20.8 Å². The summed E-state index contributed by atoms with van der Waals surface area (Å²) in [7, 11) is -3.48. The van der Waals surface area contributed by atoms with E-state index in [-0.39, 0.29) is 30.7 Å². The molecule has 2 fully saturated rings. The van der Waals surface area contributed by atoms with Gasteiger partial charge in [-0.15, -0.1) is 0 Å². The highest BCUT2D eigenvalue weighted by Gasteiger charge is 2.49. The first kappa shape index (κ1) is 21.5. The summed E-state index contributed by atoms with van der Waals surface area (Å²) in [6.45, 7) is 8.64. The van der Waals surface area contributed by atoms with Crippen molar-refractivity contribution in [3.05, 3.63) is 0 Å². The maximum Gasteiger partial charge on any atom is 0.411 e. The van der Waals surface area contributed by atoms with Crippen LogP contribution in [0.15, 0.2) is 0 Å². The molecule has 1 heterocycles. The van der Waals surface area contributed by atoms with Crippen LogP contribution in [0.25, 0.3) is 0 Å².